The Morgan fingerprint density at radius 3 is 2.82 bits per heavy atom. The van der Waals surface area contributed by atoms with Crippen LogP contribution in [0.4, 0.5) is 17.2 Å². The smallest absolute Gasteiger partial charge is 0.289 e. The molecule has 0 saturated heterocycles. The van der Waals surface area contributed by atoms with Gasteiger partial charge in [-0.1, -0.05) is 0 Å². The van der Waals surface area contributed by atoms with E-state index in [1.807, 2.05) is 48.7 Å². The van der Waals surface area contributed by atoms with Gasteiger partial charge in [-0.3, -0.25) is 0 Å². The number of benzene rings is 2. The molecule has 2 aromatic carbocycles. The van der Waals surface area contributed by atoms with E-state index in [1.54, 1.807) is 23.9 Å². The summed E-state index contributed by atoms with van der Waals surface area (Å²) in [4.78, 5) is 17.5. The first kappa shape index (κ1) is 22.1. The molecule has 9 nitrogen and oxygen atoms in total. The lowest BCUT2D eigenvalue weighted by Crippen LogP contribution is -2.12. The van der Waals surface area contributed by atoms with Crippen LogP contribution < -0.4 is 15.4 Å². The van der Waals surface area contributed by atoms with Crippen molar-refractivity contribution in [3.8, 4) is 5.75 Å². The Labute approximate surface area is 200 Å². The van der Waals surface area contributed by atoms with Crippen LogP contribution in [0.15, 0.2) is 59.3 Å². The molecule has 0 spiro atoms. The number of fused-ring (bicyclic) bond motifs is 1. The lowest BCUT2D eigenvalue weighted by molar-refractivity contribution is 0.250. The van der Waals surface area contributed by atoms with Gasteiger partial charge in [-0.05, 0) is 55.3 Å². The van der Waals surface area contributed by atoms with Crippen molar-refractivity contribution < 1.29 is 14.6 Å². The topological polar surface area (TPSA) is 114 Å². The van der Waals surface area contributed by atoms with Crippen molar-refractivity contribution in [3.05, 3.63) is 64.9 Å². The third kappa shape index (κ3) is 5.08. The Hall–Kier alpha value is -3.76. The minimum atomic E-state index is -0.0229. The van der Waals surface area contributed by atoms with Crippen molar-refractivity contribution in [2.24, 2.45) is 4.99 Å². The largest absolute Gasteiger partial charge is 0.486 e. The van der Waals surface area contributed by atoms with E-state index in [9.17, 15) is 0 Å². The Kier molecular flexibility index (Phi) is 6.50. The summed E-state index contributed by atoms with van der Waals surface area (Å²) >= 11 is 1.57. The maximum absolute atomic E-state index is 9.10. The third-order valence-corrected chi connectivity index (χ3v) is 6.09. The maximum atomic E-state index is 9.10. The average molecular weight is 477 g/mol. The van der Waals surface area contributed by atoms with E-state index in [0.717, 1.165) is 38.6 Å². The molecule has 3 N–H and O–H groups in total. The van der Waals surface area contributed by atoms with Gasteiger partial charge in [-0.2, -0.15) is 0 Å². The standard InChI is InChI=1S/C24H24N6O3S/c1-15-10-16(3-5-21(15)32-13-22-25-7-9-34-22)28-23-19-11-17(2-4-20(19)26-14-27-23)29-24-30-18(6-8-31)12-33-24/h2-5,7,9-11,14,18,31H,6,8,12-13H2,1H3,(H,29,30)(H,26,27,28)/t18-/m0/s1. The lowest BCUT2D eigenvalue weighted by atomic mass is 10.1. The number of hydrogen-bond acceptors (Lipinski definition) is 10. The molecule has 1 atom stereocenters. The number of aliphatic hydroxyl groups excluding tert-OH is 1. The summed E-state index contributed by atoms with van der Waals surface area (Å²) < 4.78 is 11.5. The molecule has 34 heavy (non-hydrogen) atoms. The number of rotatable bonds is 8. The van der Waals surface area contributed by atoms with Gasteiger partial charge in [0.05, 0.1) is 11.6 Å². The van der Waals surface area contributed by atoms with Crippen LogP contribution in [-0.2, 0) is 11.3 Å². The first-order valence-electron chi connectivity index (χ1n) is 10.9. The number of amidine groups is 1. The second-order valence-electron chi connectivity index (χ2n) is 7.81. The molecule has 0 unspecified atom stereocenters. The molecule has 1 aliphatic rings. The van der Waals surface area contributed by atoms with Gasteiger partial charge >= 0.3 is 0 Å². The van der Waals surface area contributed by atoms with Gasteiger partial charge in [0.1, 0.15) is 36.1 Å². The Balaban J connectivity index is 1.32. The van der Waals surface area contributed by atoms with Crippen LogP contribution in [0.3, 0.4) is 0 Å². The lowest BCUT2D eigenvalue weighted by Gasteiger charge is -2.13. The molecule has 4 aromatic rings. The summed E-state index contributed by atoms with van der Waals surface area (Å²) in [7, 11) is 0. The second-order valence-corrected chi connectivity index (χ2v) is 8.79. The predicted octanol–water partition coefficient (Wildman–Crippen LogP) is 4.27. The Morgan fingerprint density at radius 2 is 2.00 bits per heavy atom. The van der Waals surface area contributed by atoms with Crippen molar-refractivity contribution >= 4 is 45.5 Å². The number of thiazole rings is 1. The van der Waals surface area contributed by atoms with Crippen LogP contribution in [0.25, 0.3) is 10.9 Å². The maximum Gasteiger partial charge on any atom is 0.289 e. The molecule has 174 valence electrons. The van der Waals surface area contributed by atoms with Crippen LogP contribution in [0, 0.1) is 6.92 Å². The SMILES string of the molecule is Cc1cc(Nc2ncnc3ccc(NC4=N[C@@H](CCO)CO4)cc23)ccc1OCc1nccs1. The number of nitrogens with zero attached hydrogens (tertiary/aromatic N) is 4. The molecule has 0 saturated carbocycles. The fraction of sp³-hybridized carbons (Fsp3) is 0.250. The van der Waals surface area contributed by atoms with Crippen molar-refractivity contribution in [2.75, 3.05) is 23.8 Å². The van der Waals surface area contributed by atoms with E-state index in [1.165, 1.54) is 0 Å². The van der Waals surface area contributed by atoms with Gasteiger partial charge in [0.15, 0.2) is 0 Å². The minimum Gasteiger partial charge on any atom is -0.486 e. The zero-order chi connectivity index (χ0) is 23.3. The molecule has 0 fully saturated rings. The van der Waals surface area contributed by atoms with Gasteiger partial charge < -0.3 is 25.2 Å². The van der Waals surface area contributed by atoms with Crippen LogP contribution in [0.2, 0.25) is 0 Å². The zero-order valence-electron chi connectivity index (χ0n) is 18.6. The molecule has 0 radical (unpaired) electrons. The summed E-state index contributed by atoms with van der Waals surface area (Å²) in [6.07, 6.45) is 3.90. The van der Waals surface area contributed by atoms with Gasteiger partial charge in [0, 0.05) is 34.9 Å². The fourth-order valence-corrected chi connectivity index (χ4v) is 4.16. The van der Waals surface area contributed by atoms with Gasteiger partial charge in [-0.15, -0.1) is 11.3 Å². The summed E-state index contributed by atoms with van der Waals surface area (Å²) in [6.45, 7) is 3.02. The van der Waals surface area contributed by atoms with E-state index < -0.39 is 0 Å². The Bertz CT molecular complexity index is 1310. The molecule has 3 heterocycles. The van der Waals surface area contributed by atoms with Gasteiger partial charge in [-0.25, -0.2) is 19.9 Å². The van der Waals surface area contributed by atoms with E-state index in [-0.39, 0.29) is 12.6 Å². The minimum absolute atomic E-state index is 0.0229. The van der Waals surface area contributed by atoms with Crippen LogP contribution in [-0.4, -0.2) is 45.3 Å². The quantitative estimate of drug-likeness (QED) is 0.346. The summed E-state index contributed by atoms with van der Waals surface area (Å²) in [6, 6.07) is 12.2. The average Bonchev–Trinajstić information content (AvgIpc) is 3.51. The summed E-state index contributed by atoms with van der Waals surface area (Å²) in [5, 5.41) is 19.4. The monoisotopic (exact) mass is 476 g/mol. The fourth-order valence-electron chi connectivity index (χ4n) is 3.63. The highest BCUT2D eigenvalue weighted by atomic mass is 32.1. The number of hydrogen-bond donors (Lipinski definition) is 3. The number of aliphatic imine (C=N–C) groups is 1. The number of ether oxygens (including phenoxy) is 2. The van der Waals surface area contributed by atoms with E-state index >= 15 is 0 Å². The van der Waals surface area contributed by atoms with Crippen LogP contribution in [0.5, 0.6) is 5.75 Å². The zero-order valence-corrected chi connectivity index (χ0v) is 19.4. The van der Waals surface area contributed by atoms with E-state index in [4.69, 9.17) is 14.6 Å². The summed E-state index contributed by atoms with van der Waals surface area (Å²) in [5.74, 6) is 1.51. The van der Waals surface area contributed by atoms with Crippen molar-refractivity contribution in [3.63, 3.8) is 0 Å². The molecule has 1 aliphatic heterocycles. The van der Waals surface area contributed by atoms with Crippen LogP contribution in [0.1, 0.15) is 17.0 Å². The molecule has 10 heteroatoms. The second kappa shape index (κ2) is 10.0. The highest BCUT2D eigenvalue weighted by Crippen LogP contribution is 2.29. The van der Waals surface area contributed by atoms with Crippen molar-refractivity contribution in [1.29, 1.82) is 0 Å². The Morgan fingerprint density at radius 1 is 1.12 bits per heavy atom. The van der Waals surface area contributed by atoms with Crippen molar-refractivity contribution in [1.82, 2.24) is 15.0 Å². The molecular weight excluding hydrogens is 452 g/mol. The van der Waals surface area contributed by atoms with Crippen molar-refractivity contribution in [2.45, 2.75) is 26.0 Å². The van der Waals surface area contributed by atoms with Crippen LogP contribution >= 0.6 is 11.3 Å². The molecule has 5 rings (SSSR count). The number of anilines is 3. The molecule has 0 amide bonds. The third-order valence-electron chi connectivity index (χ3n) is 5.33. The van der Waals surface area contributed by atoms with Gasteiger partial charge in [0.2, 0.25) is 0 Å². The molecule has 2 aromatic heterocycles. The predicted molar refractivity (Wildman–Crippen MR) is 133 cm³/mol. The highest BCUT2D eigenvalue weighted by molar-refractivity contribution is 7.09. The normalized spacial score (nSPS) is 15.1. The summed E-state index contributed by atoms with van der Waals surface area (Å²) in [5.41, 5.74) is 3.54. The van der Waals surface area contributed by atoms with E-state index in [2.05, 4.69) is 30.6 Å². The number of aryl methyl sites for hydroxylation is 1. The van der Waals surface area contributed by atoms with E-state index in [0.29, 0.717) is 31.5 Å². The first-order chi connectivity index (χ1) is 16.7. The molecular formula is C24H24N6O3S. The number of nitrogens with one attached hydrogen (secondary N) is 2. The highest BCUT2D eigenvalue weighted by Gasteiger charge is 2.18. The van der Waals surface area contributed by atoms with Gasteiger partial charge in [0.25, 0.3) is 6.02 Å². The number of aliphatic hydroxyl groups is 1. The number of aromatic nitrogens is 3. The molecule has 0 bridgehead atoms. The molecule has 0 aliphatic carbocycles. The first-order valence-corrected chi connectivity index (χ1v) is 11.8.